The first-order chi connectivity index (χ1) is 12.5. The Hall–Kier alpha value is -3.41. The molecule has 6 nitrogen and oxygen atoms in total. The van der Waals surface area contributed by atoms with Gasteiger partial charge < -0.3 is 10.3 Å². The number of nitrogens with one attached hydrogen (secondary N) is 2. The summed E-state index contributed by atoms with van der Waals surface area (Å²) in [5, 5.41) is 2.93. The van der Waals surface area contributed by atoms with Crippen LogP contribution in [-0.2, 0) is 4.79 Å². The number of benzene rings is 1. The summed E-state index contributed by atoms with van der Waals surface area (Å²) in [5.74, 6) is -0.170. The zero-order chi connectivity index (χ0) is 18.5. The quantitative estimate of drug-likeness (QED) is 0.696. The molecule has 1 atom stereocenters. The fraction of sp³-hybridized carbons (Fsp3) is 0.150. The van der Waals surface area contributed by atoms with Gasteiger partial charge in [0.05, 0.1) is 11.7 Å². The molecule has 132 valence electrons. The summed E-state index contributed by atoms with van der Waals surface area (Å²) in [6.45, 7) is 3.78. The molecule has 26 heavy (non-hydrogen) atoms. The molecule has 6 heteroatoms. The third-order valence-corrected chi connectivity index (χ3v) is 4.10. The number of carbonyl (C=O) groups is 1. The Bertz CT molecular complexity index is 969. The van der Waals surface area contributed by atoms with Gasteiger partial charge in [0.25, 0.3) is 0 Å². The van der Waals surface area contributed by atoms with E-state index in [1.807, 2.05) is 50.2 Å². The first-order valence-electron chi connectivity index (χ1n) is 8.30. The molecule has 0 aliphatic carbocycles. The van der Waals surface area contributed by atoms with Gasteiger partial charge in [-0.3, -0.25) is 14.3 Å². The molecule has 2 aromatic heterocycles. The maximum Gasteiger partial charge on any atom is 0.330 e. The zero-order valence-corrected chi connectivity index (χ0v) is 14.6. The van der Waals surface area contributed by atoms with Crippen molar-refractivity contribution >= 4 is 12.0 Å². The minimum Gasteiger partial charge on any atom is -0.346 e. The highest BCUT2D eigenvalue weighted by molar-refractivity contribution is 5.91. The Kier molecular flexibility index (Phi) is 5.12. The van der Waals surface area contributed by atoms with Gasteiger partial charge in [-0.2, -0.15) is 0 Å². The van der Waals surface area contributed by atoms with Crippen LogP contribution in [0, 0.1) is 6.92 Å². The van der Waals surface area contributed by atoms with Crippen molar-refractivity contribution in [3.05, 3.63) is 88.4 Å². The molecule has 2 N–H and O–H groups in total. The van der Waals surface area contributed by atoms with Crippen LogP contribution >= 0.6 is 0 Å². The first-order valence-corrected chi connectivity index (χ1v) is 8.30. The number of hydrogen-bond donors (Lipinski definition) is 2. The van der Waals surface area contributed by atoms with Crippen LogP contribution in [0.25, 0.3) is 11.8 Å². The molecule has 1 amide bonds. The largest absolute Gasteiger partial charge is 0.346 e. The van der Waals surface area contributed by atoms with Gasteiger partial charge in [0, 0.05) is 30.4 Å². The number of H-pyrrole nitrogens is 1. The van der Waals surface area contributed by atoms with E-state index in [1.54, 1.807) is 29.2 Å². The number of aryl methyl sites for hydroxylation is 1. The highest BCUT2D eigenvalue weighted by Crippen LogP contribution is 2.16. The van der Waals surface area contributed by atoms with Gasteiger partial charge in [-0.05, 0) is 55.3 Å². The van der Waals surface area contributed by atoms with Crippen molar-refractivity contribution in [3.63, 3.8) is 0 Å². The van der Waals surface area contributed by atoms with Gasteiger partial charge in [0.2, 0.25) is 5.91 Å². The second-order valence-corrected chi connectivity index (χ2v) is 6.01. The summed E-state index contributed by atoms with van der Waals surface area (Å²) < 4.78 is 1.60. The van der Waals surface area contributed by atoms with E-state index in [0.29, 0.717) is 0 Å². The summed E-state index contributed by atoms with van der Waals surface area (Å²) in [6.07, 6.45) is 8.28. The number of hydrogen-bond acceptors (Lipinski definition) is 3. The van der Waals surface area contributed by atoms with Crippen molar-refractivity contribution < 1.29 is 4.79 Å². The Morgan fingerprint density at radius 3 is 2.50 bits per heavy atom. The molecular weight excluding hydrogens is 328 g/mol. The summed E-state index contributed by atoms with van der Waals surface area (Å²) in [6, 6.07) is 11.1. The minimum atomic E-state index is -0.170. The summed E-state index contributed by atoms with van der Waals surface area (Å²) in [5.41, 5.74) is 3.33. The van der Waals surface area contributed by atoms with Gasteiger partial charge in [-0.1, -0.05) is 12.1 Å². The van der Waals surface area contributed by atoms with Crippen LogP contribution in [0.3, 0.4) is 0 Å². The molecule has 0 spiro atoms. The second-order valence-electron chi connectivity index (χ2n) is 6.01. The number of pyridine rings is 1. The molecule has 0 aliphatic heterocycles. The second kappa shape index (κ2) is 7.65. The molecule has 0 aliphatic rings. The van der Waals surface area contributed by atoms with E-state index in [-0.39, 0.29) is 17.6 Å². The van der Waals surface area contributed by atoms with Gasteiger partial charge in [-0.15, -0.1) is 0 Å². The Labute approximate surface area is 151 Å². The number of carbonyl (C=O) groups excluding carboxylic acids is 1. The van der Waals surface area contributed by atoms with Crippen molar-refractivity contribution in [3.8, 4) is 5.69 Å². The third-order valence-electron chi connectivity index (χ3n) is 4.10. The van der Waals surface area contributed by atoms with E-state index in [4.69, 9.17) is 0 Å². The minimum absolute atomic E-state index is 0.150. The predicted molar refractivity (Wildman–Crippen MR) is 101 cm³/mol. The van der Waals surface area contributed by atoms with Crippen molar-refractivity contribution in [2.75, 3.05) is 0 Å². The van der Waals surface area contributed by atoms with Crippen molar-refractivity contribution in [1.29, 1.82) is 0 Å². The zero-order valence-electron chi connectivity index (χ0n) is 14.6. The van der Waals surface area contributed by atoms with E-state index < -0.39 is 0 Å². The molecule has 3 aromatic rings. The van der Waals surface area contributed by atoms with Crippen molar-refractivity contribution in [1.82, 2.24) is 19.9 Å². The Balaban J connectivity index is 1.66. The molecule has 0 saturated heterocycles. The fourth-order valence-electron chi connectivity index (χ4n) is 2.68. The molecule has 0 radical (unpaired) electrons. The molecule has 0 saturated carbocycles. The highest BCUT2D eigenvalue weighted by Gasteiger charge is 2.09. The lowest BCUT2D eigenvalue weighted by atomic mass is 10.1. The van der Waals surface area contributed by atoms with Crippen molar-refractivity contribution in [2.45, 2.75) is 19.9 Å². The topological polar surface area (TPSA) is 79.8 Å². The molecule has 0 bridgehead atoms. The molecule has 1 unspecified atom stereocenters. The SMILES string of the molecule is Cc1c[nH]c(=O)n1-c1ccc(C(C)NC(=O)C=Cc2ccncc2)cc1. The smallest absolute Gasteiger partial charge is 0.330 e. The number of nitrogens with zero attached hydrogens (tertiary/aromatic N) is 2. The van der Waals surface area contributed by atoms with Crippen LogP contribution in [0.1, 0.15) is 29.8 Å². The first kappa shape index (κ1) is 17.4. The summed E-state index contributed by atoms with van der Waals surface area (Å²) in [7, 11) is 0. The lowest BCUT2D eigenvalue weighted by Crippen LogP contribution is -2.24. The molecule has 1 aromatic carbocycles. The van der Waals surface area contributed by atoms with Crippen LogP contribution in [0.2, 0.25) is 0 Å². The third kappa shape index (κ3) is 3.97. The Morgan fingerprint density at radius 1 is 1.19 bits per heavy atom. The number of aromatic nitrogens is 3. The van der Waals surface area contributed by atoms with E-state index in [0.717, 1.165) is 22.5 Å². The maximum absolute atomic E-state index is 12.1. The van der Waals surface area contributed by atoms with E-state index >= 15 is 0 Å². The van der Waals surface area contributed by atoms with Gasteiger partial charge in [0.15, 0.2) is 0 Å². The molecule has 2 heterocycles. The fourth-order valence-corrected chi connectivity index (χ4v) is 2.68. The van der Waals surface area contributed by atoms with Gasteiger partial charge in [0.1, 0.15) is 0 Å². The van der Waals surface area contributed by atoms with Gasteiger partial charge in [-0.25, -0.2) is 4.79 Å². The van der Waals surface area contributed by atoms with Crippen LogP contribution in [0.4, 0.5) is 0 Å². The number of rotatable bonds is 5. The summed E-state index contributed by atoms with van der Waals surface area (Å²) >= 11 is 0. The van der Waals surface area contributed by atoms with Crippen LogP contribution < -0.4 is 11.0 Å². The van der Waals surface area contributed by atoms with E-state index in [1.165, 1.54) is 6.08 Å². The standard InChI is InChI=1S/C20H20N4O2/c1-14-13-22-20(26)24(14)18-6-4-17(5-7-18)15(2)23-19(25)8-3-16-9-11-21-12-10-16/h3-13,15H,1-2H3,(H,22,26)(H,23,25). The maximum atomic E-state index is 12.1. The normalized spacial score (nSPS) is 12.2. The Morgan fingerprint density at radius 2 is 1.88 bits per heavy atom. The molecular formula is C20H20N4O2. The molecule has 3 rings (SSSR count). The van der Waals surface area contributed by atoms with E-state index in [9.17, 15) is 9.59 Å². The van der Waals surface area contributed by atoms with Crippen molar-refractivity contribution in [2.24, 2.45) is 0 Å². The average Bonchev–Trinajstić information content (AvgIpc) is 2.99. The lowest BCUT2D eigenvalue weighted by molar-refractivity contribution is -0.117. The summed E-state index contributed by atoms with van der Waals surface area (Å²) in [4.78, 5) is 30.5. The van der Waals surface area contributed by atoms with Crippen LogP contribution in [0.15, 0.2) is 65.9 Å². The predicted octanol–water partition coefficient (Wildman–Crippen LogP) is 2.76. The monoisotopic (exact) mass is 348 g/mol. The number of imidazole rings is 1. The molecule has 0 fully saturated rings. The highest BCUT2D eigenvalue weighted by atomic mass is 16.2. The van der Waals surface area contributed by atoms with Crippen LogP contribution in [-0.4, -0.2) is 20.4 Å². The number of amides is 1. The number of aromatic amines is 1. The van der Waals surface area contributed by atoms with E-state index in [2.05, 4.69) is 15.3 Å². The van der Waals surface area contributed by atoms with Gasteiger partial charge >= 0.3 is 5.69 Å². The lowest BCUT2D eigenvalue weighted by Gasteiger charge is -2.14. The van der Waals surface area contributed by atoms with Crippen LogP contribution in [0.5, 0.6) is 0 Å². The average molecular weight is 348 g/mol.